The fourth-order valence-corrected chi connectivity index (χ4v) is 3.06. The van der Waals surface area contributed by atoms with E-state index in [0.717, 1.165) is 12.8 Å². The first kappa shape index (κ1) is 17.9. The van der Waals surface area contributed by atoms with Crippen molar-refractivity contribution < 1.29 is 14.4 Å². The maximum Gasteiger partial charge on any atom is 0.248 e. The molecule has 3 amide bonds. The van der Waals surface area contributed by atoms with E-state index in [1.807, 2.05) is 11.9 Å². The lowest BCUT2D eigenvalue weighted by Gasteiger charge is -2.30. The van der Waals surface area contributed by atoms with Gasteiger partial charge in [0.05, 0.1) is 6.54 Å². The van der Waals surface area contributed by atoms with Gasteiger partial charge in [-0.15, -0.1) is 0 Å². The van der Waals surface area contributed by atoms with Crippen molar-refractivity contribution in [1.29, 1.82) is 0 Å². The molecule has 5 N–H and O–H groups in total. The summed E-state index contributed by atoms with van der Waals surface area (Å²) in [4.78, 5) is 37.0. The number of primary amides is 2. The molecule has 1 saturated carbocycles. The van der Waals surface area contributed by atoms with Gasteiger partial charge in [0.15, 0.2) is 0 Å². The van der Waals surface area contributed by atoms with Crippen molar-refractivity contribution in [2.45, 2.75) is 38.1 Å². The van der Waals surface area contributed by atoms with E-state index >= 15 is 0 Å². The summed E-state index contributed by atoms with van der Waals surface area (Å²) in [5.74, 6) is -1.58. The summed E-state index contributed by atoms with van der Waals surface area (Å²) >= 11 is 0. The molecule has 1 fully saturated rings. The largest absolute Gasteiger partial charge is 0.366 e. The highest BCUT2D eigenvalue weighted by Crippen LogP contribution is 2.21. The SMILES string of the molecule is CN(CC(=O)Nc1cc(C(N)=O)cc(C(N)=O)c1)C1CCCCC1. The van der Waals surface area contributed by atoms with Gasteiger partial charge in [-0.1, -0.05) is 19.3 Å². The summed E-state index contributed by atoms with van der Waals surface area (Å²) in [5.41, 5.74) is 11.1. The van der Waals surface area contributed by atoms with E-state index in [1.165, 1.54) is 37.5 Å². The highest BCUT2D eigenvalue weighted by molar-refractivity contribution is 6.01. The van der Waals surface area contributed by atoms with Crippen LogP contribution in [0.25, 0.3) is 0 Å². The molecule has 1 aliphatic rings. The minimum Gasteiger partial charge on any atom is -0.366 e. The van der Waals surface area contributed by atoms with Gasteiger partial charge < -0.3 is 16.8 Å². The van der Waals surface area contributed by atoms with Crippen LogP contribution in [-0.2, 0) is 4.79 Å². The van der Waals surface area contributed by atoms with Crippen LogP contribution >= 0.6 is 0 Å². The Bertz CT molecular complexity index is 606. The lowest BCUT2D eigenvalue weighted by Crippen LogP contribution is -2.39. The molecule has 0 radical (unpaired) electrons. The molecule has 24 heavy (non-hydrogen) atoms. The summed E-state index contributed by atoms with van der Waals surface area (Å²) in [6.45, 7) is 0.247. The summed E-state index contributed by atoms with van der Waals surface area (Å²) in [6, 6.07) is 4.61. The van der Waals surface area contributed by atoms with Crippen LogP contribution in [0.1, 0.15) is 52.8 Å². The van der Waals surface area contributed by atoms with Crippen LogP contribution < -0.4 is 16.8 Å². The van der Waals surface area contributed by atoms with Crippen molar-refractivity contribution >= 4 is 23.4 Å². The number of rotatable bonds is 6. The molecular formula is C17H24N4O3. The minimum absolute atomic E-state index is 0.127. The van der Waals surface area contributed by atoms with Crippen molar-refractivity contribution in [3.05, 3.63) is 29.3 Å². The van der Waals surface area contributed by atoms with Crippen LogP contribution in [-0.4, -0.2) is 42.3 Å². The third-order valence-electron chi connectivity index (χ3n) is 4.38. The average Bonchev–Trinajstić information content (AvgIpc) is 2.55. The first-order chi connectivity index (χ1) is 11.4. The zero-order valence-electron chi connectivity index (χ0n) is 13.9. The molecular weight excluding hydrogens is 308 g/mol. The van der Waals surface area contributed by atoms with Crippen molar-refractivity contribution in [1.82, 2.24) is 4.90 Å². The molecule has 1 aromatic rings. The second-order valence-corrected chi connectivity index (χ2v) is 6.28. The van der Waals surface area contributed by atoms with Gasteiger partial charge in [-0.25, -0.2) is 0 Å². The van der Waals surface area contributed by atoms with Gasteiger partial charge >= 0.3 is 0 Å². The average molecular weight is 332 g/mol. The summed E-state index contributed by atoms with van der Waals surface area (Å²) in [6.07, 6.45) is 5.85. The Balaban J connectivity index is 2.04. The predicted octanol–water partition coefficient (Wildman–Crippen LogP) is 1.09. The normalized spacial score (nSPS) is 15.2. The molecule has 0 unspecified atom stereocenters. The Kier molecular flexibility index (Phi) is 5.92. The van der Waals surface area contributed by atoms with Crippen LogP contribution in [0.5, 0.6) is 0 Å². The lowest BCUT2D eigenvalue weighted by atomic mass is 9.94. The second kappa shape index (κ2) is 7.92. The Morgan fingerprint density at radius 3 is 2.08 bits per heavy atom. The van der Waals surface area contributed by atoms with E-state index in [4.69, 9.17) is 11.5 Å². The maximum atomic E-state index is 12.2. The number of anilines is 1. The zero-order chi connectivity index (χ0) is 17.7. The maximum absolute atomic E-state index is 12.2. The number of nitrogens with one attached hydrogen (secondary N) is 1. The molecule has 0 aromatic heterocycles. The Labute approximate surface area is 141 Å². The molecule has 1 aliphatic carbocycles. The molecule has 0 saturated heterocycles. The number of carbonyl (C=O) groups is 3. The van der Waals surface area contributed by atoms with Gasteiger partial charge in [0.2, 0.25) is 17.7 Å². The third kappa shape index (κ3) is 4.79. The quantitative estimate of drug-likeness (QED) is 0.722. The van der Waals surface area contributed by atoms with E-state index in [0.29, 0.717) is 11.7 Å². The van der Waals surface area contributed by atoms with E-state index in [2.05, 4.69) is 5.32 Å². The second-order valence-electron chi connectivity index (χ2n) is 6.28. The van der Waals surface area contributed by atoms with Crippen LogP contribution in [0.15, 0.2) is 18.2 Å². The monoisotopic (exact) mass is 332 g/mol. The summed E-state index contributed by atoms with van der Waals surface area (Å²) in [7, 11) is 1.93. The van der Waals surface area contributed by atoms with Crippen LogP contribution in [0.4, 0.5) is 5.69 Å². The van der Waals surface area contributed by atoms with Gasteiger partial charge in [0.25, 0.3) is 0 Å². The smallest absolute Gasteiger partial charge is 0.248 e. The zero-order valence-corrected chi connectivity index (χ0v) is 13.9. The predicted molar refractivity (Wildman–Crippen MR) is 91.6 cm³/mol. The standard InChI is InChI=1S/C17H24N4O3/c1-21(14-5-3-2-4-6-14)10-15(22)20-13-8-11(16(18)23)7-12(9-13)17(19)24/h7-9,14H,2-6,10H2,1H3,(H2,18,23)(H2,19,24)(H,20,22). The van der Waals surface area contributed by atoms with Crippen LogP contribution in [0, 0.1) is 0 Å². The Morgan fingerprint density at radius 1 is 1.04 bits per heavy atom. The molecule has 0 spiro atoms. The fraction of sp³-hybridized carbons (Fsp3) is 0.471. The first-order valence-corrected chi connectivity index (χ1v) is 8.11. The summed E-state index contributed by atoms with van der Waals surface area (Å²) < 4.78 is 0. The first-order valence-electron chi connectivity index (χ1n) is 8.11. The van der Waals surface area contributed by atoms with E-state index < -0.39 is 11.8 Å². The fourth-order valence-electron chi connectivity index (χ4n) is 3.06. The van der Waals surface area contributed by atoms with Gasteiger partial charge in [-0.2, -0.15) is 0 Å². The highest BCUT2D eigenvalue weighted by atomic mass is 16.2. The van der Waals surface area contributed by atoms with E-state index in [1.54, 1.807) is 0 Å². The molecule has 0 heterocycles. The van der Waals surface area contributed by atoms with Crippen molar-refractivity contribution in [2.24, 2.45) is 11.5 Å². The van der Waals surface area contributed by atoms with Crippen LogP contribution in [0.3, 0.4) is 0 Å². The summed E-state index contributed by atoms with van der Waals surface area (Å²) in [5, 5.41) is 2.71. The van der Waals surface area contributed by atoms with Gasteiger partial charge in [0.1, 0.15) is 0 Å². The molecule has 130 valence electrons. The van der Waals surface area contributed by atoms with Crippen molar-refractivity contribution in [3.8, 4) is 0 Å². The van der Waals surface area contributed by atoms with E-state index in [-0.39, 0.29) is 23.6 Å². The number of nitrogens with zero attached hydrogens (tertiary/aromatic N) is 1. The molecule has 0 atom stereocenters. The number of hydrogen-bond donors (Lipinski definition) is 3. The number of hydrogen-bond acceptors (Lipinski definition) is 4. The number of nitrogens with two attached hydrogens (primary N) is 2. The number of amides is 3. The highest BCUT2D eigenvalue weighted by Gasteiger charge is 2.20. The molecule has 7 heteroatoms. The number of benzene rings is 1. The number of carbonyl (C=O) groups excluding carboxylic acids is 3. The van der Waals surface area contributed by atoms with Gasteiger partial charge in [-0.05, 0) is 38.1 Å². The Morgan fingerprint density at radius 2 is 1.58 bits per heavy atom. The Hall–Kier alpha value is -2.41. The number of likely N-dealkylation sites (N-methyl/N-ethyl adjacent to an activating group) is 1. The van der Waals surface area contributed by atoms with Crippen molar-refractivity contribution in [2.75, 3.05) is 18.9 Å². The molecule has 7 nitrogen and oxygen atoms in total. The lowest BCUT2D eigenvalue weighted by molar-refractivity contribution is -0.117. The van der Waals surface area contributed by atoms with E-state index in [9.17, 15) is 14.4 Å². The van der Waals surface area contributed by atoms with Crippen LogP contribution in [0.2, 0.25) is 0 Å². The topological polar surface area (TPSA) is 119 Å². The van der Waals surface area contributed by atoms with Gasteiger partial charge in [0, 0.05) is 22.9 Å². The molecule has 0 aliphatic heterocycles. The van der Waals surface area contributed by atoms with Gasteiger partial charge in [-0.3, -0.25) is 19.3 Å². The third-order valence-corrected chi connectivity index (χ3v) is 4.38. The van der Waals surface area contributed by atoms with Crippen molar-refractivity contribution in [3.63, 3.8) is 0 Å². The molecule has 2 rings (SSSR count). The minimum atomic E-state index is -0.687. The molecule has 0 bridgehead atoms. The molecule has 1 aromatic carbocycles.